The van der Waals surface area contributed by atoms with Gasteiger partial charge >= 0.3 is 0 Å². The maximum atomic E-state index is 12.4. The van der Waals surface area contributed by atoms with Gasteiger partial charge in [0.25, 0.3) is 0 Å². The number of ether oxygens (including phenoxy) is 2. The fraction of sp³-hybridized carbons (Fsp3) is 0.238. The molecule has 0 aliphatic rings. The number of nitrogens with zero attached hydrogens (tertiary/aromatic N) is 2. The number of thioether (sulfide) groups is 1. The number of carbonyl (C=O) groups excluding carboxylic acids is 1. The van der Waals surface area contributed by atoms with Gasteiger partial charge < -0.3 is 14.0 Å². The minimum atomic E-state index is -0.167. The zero-order chi connectivity index (χ0) is 19.9. The van der Waals surface area contributed by atoms with Crippen LogP contribution in [0.3, 0.4) is 0 Å². The van der Waals surface area contributed by atoms with E-state index in [1.807, 2.05) is 47.0 Å². The molecule has 1 aromatic heterocycles. The Morgan fingerprint density at radius 1 is 1.21 bits per heavy atom. The molecule has 0 aliphatic carbocycles. The number of benzene rings is 2. The van der Waals surface area contributed by atoms with Crippen LogP contribution in [0.5, 0.6) is 11.5 Å². The van der Waals surface area contributed by atoms with Crippen molar-refractivity contribution in [3.05, 3.63) is 47.3 Å². The lowest BCUT2D eigenvalue weighted by atomic mass is 10.3. The van der Waals surface area contributed by atoms with E-state index >= 15 is 0 Å². The number of hydrogen-bond donors (Lipinski definition) is 0. The lowest BCUT2D eigenvalue weighted by Gasteiger charge is -2.08. The van der Waals surface area contributed by atoms with Crippen molar-refractivity contribution in [3.63, 3.8) is 0 Å². The van der Waals surface area contributed by atoms with Crippen LogP contribution in [0.25, 0.3) is 10.2 Å². The fourth-order valence-electron chi connectivity index (χ4n) is 2.66. The van der Waals surface area contributed by atoms with E-state index in [1.54, 1.807) is 26.0 Å². The Morgan fingerprint density at radius 3 is 2.61 bits per heavy atom. The van der Waals surface area contributed by atoms with Gasteiger partial charge in [-0.1, -0.05) is 35.5 Å². The summed E-state index contributed by atoms with van der Waals surface area (Å²) in [5.74, 6) is 4.37. The lowest BCUT2D eigenvalue weighted by molar-refractivity contribution is -0.117. The number of thiazole rings is 1. The van der Waals surface area contributed by atoms with Crippen molar-refractivity contribution in [2.75, 3.05) is 20.0 Å². The van der Waals surface area contributed by atoms with Crippen molar-refractivity contribution in [2.45, 2.75) is 17.9 Å². The highest BCUT2D eigenvalue weighted by Gasteiger charge is 2.13. The average Bonchev–Trinajstić information content (AvgIpc) is 3.04. The molecule has 3 rings (SSSR count). The zero-order valence-electron chi connectivity index (χ0n) is 15.7. The average molecular weight is 413 g/mol. The molecule has 7 heteroatoms. The normalized spacial score (nSPS) is 11.4. The number of amides is 1. The largest absolute Gasteiger partial charge is 0.493 e. The second-order valence-electron chi connectivity index (χ2n) is 5.77. The molecule has 0 bridgehead atoms. The Balaban J connectivity index is 1.86. The van der Waals surface area contributed by atoms with Gasteiger partial charge in [0, 0.05) is 29.2 Å². The van der Waals surface area contributed by atoms with E-state index in [4.69, 9.17) is 15.9 Å². The van der Waals surface area contributed by atoms with E-state index in [1.165, 1.54) is 11.3 Å². The molecule has 1 amide bonds. The molecule has 5 nitrogen and oxygen atoms in total. The van der Waals surface area contributed by atoms with Crippen molar-refractivity contribution < 1.29 is 14.3 Å². The van der Waals surface area contributed by atoms with Crippen molar-refractivity contribution >= 4 is 39.2 Å². The van der Waals surface area contributed by atoms with Crippen LogP contribution in [0.15, 0.2) is 52.4 Å². The first-order chi connectivity index (χ1) is 13.7. The fourth-order valence-corrected chi connectivity index (χ4v) is 4.58. The summed E-state index contributed by atoms with van der Waals surface area (Å²) in [6, 6.07) is 13.7. The molecule has 1 heterocycles. The summed E-state index contributed by atoms with van der Waals surface area (Å²) in [4.78, 5) is 18.4. The third-order valence-corrected chi connectivity index (χ3v) is 6.04. The van der Waals surface area contributed by atoms with Gasteiger partial charge in [-0.2, -0.15) is 4.99 Å². The summed E-state index contributed by atoms with van der Waals surface area (Å²) >= 11 is 3.05. The first-order valence-electron chi connectivity index (χ1n) is 8.60. The predicted molar refractivity (Wildman–Crippen MR) is 114 cm³/mol. The highest BCUT2D eigenvalue weighted by Crippen LogP contribution is 2.33. The summed E-state index contributed by atoms with van der Waals surface area (Å²) in [6.45, 7) is 0.320. The van der Waals surface area contributed by atoms with Crippen molar-refractivity contribution in [3.8, 4) is 23.8 Å². The number of rotatable bonds is 7. The van der Waals surface area contributed by atoms with Gasteiger partial charge in [-0.15, -0.1) is 18.2 Å². The molecule has 0 unspecified atom stereocenters. The number of methoxy groups -OCH3 is 2. The predicted octanol–water partition coefficient (Wildman–Crippen LogP) is 3.96. The maximum Gasteiger partial charge on any atom is 0.249 e. The van der Waals surface area contributed by atoms with E-state index in [0.717, 1.165) is 15.1 Å². The quantitative estimate of drug-likeness (QED) is 0.435. The van der Waals surface area contributed by atoms with Gasteiger partial charge in [-0.25, -0.2) is 0 Å². The van der Waals surface area contributed by atoms with E-state index in [-0.39, 0.29) is 5.91 Å². The van der Waals surface area contributed by atoms with Gasteiger partial charge in [-0.3, -0.25) is 4.79 Å². The summed E-state index contributed by atoms with van der Waals surface area (Å²) in [6.07, 6.45) is 5.89. The highest BCUT2D eigenvalue weighted by atomic mass is 32.2. The molecule has 3 aromatic rings. The van der Waals surface area contributed by atoms with Gasteiger partial charge in [0.2, 0.25) is 5.91 Å². The van der Waals surface area contributed by atoms with Gasteiger partial charge in [-0.05, 0) is 12.1 Å². The van der Waals surface area contributed by atoms with E-state index < -0.39 is 0 Å². The second kappa shape index (κ2) is 9.49. The number of terminal acetylenes is 1. The molecule has 0 aliphatic heterocycles. The number of aromatic nitrogens is 1. The van der Waals surface area contributed by atoms with Crippen LogP contribution in [0.1, 0.15) is 6.42 Å². The summed E-state index contributed by atoms with van der Waals surface area (Å²) in [5.41, 5.74) is 0.866. The van der Waals surface area contributed by atoms with E-state index in [0.29, 0.717) is 35.0 Å². The number of fused-ring (bicyclic) bond motifs is 1. The lowest BCUT2D eigenvalue weighted by Crippen LogP contribution is -2.16. The Kier molecular flexibility index (Phi) is 6.80. The van der Waals surface area contributed by atoms with Crippen LogP contribution in [0.4, 0.5) is 0 Å². The van der Waals surface area contributed by atoms with Crippen molar-refractivity contribution in [2.24, 2.45) is 4.99 Å². The number of hydrogen-bond acceptors (Lipinski definition) is 5. The van der Waals surface area contributed by atoms with Gasteiger partial charge in [0.15, 0.2) is 16.3 Å². The molecular formula is C21H20N2O3S2. The summed E-state index contributed by atoms with van der Waals surface area (Å²) < 4.78 is 13.5. The minimum Gasteiger partial charge on any atom is -0.493 e. The second-order valence-corrected chi connectivity index (χ2v) is 7.94. The highest BCUT2D eigenvalue weighted by molar-refractivity contribution is 7.99. The van der Waals surface area contributed by atoms with E-state index in [9.17, 15) is 4.79 Å². The monoisotopic (exact) mass is 412 g/mol. The van der Waals surface area contributed by atoms with Gasteiger partial charge in [0.05, 0.1) is 31.0 Å². The molecule has 0 N–H and O–H groups in total. The Bertz CT molecular complexity index is 1080. The maximum absolute atomic E-state index is 12.4. The third-order valence-electron chi connectivity index (χ3n) is 3.99. The standard InChI is InChI=1S/C21H20N2O3S2/c1-4-11-23-16-13-17(25-2)18(26-3)14-19(16)28-21(23)22-20(24)10-12-27-15-8-6-5-7-9-15/h1,5-9,13-14H,10-12H2,2-3H3. The number of carbonyl (C=O) groups is 1. The third kappa shape index (κ3) is 4.58. The SMILES string of the molecule is C#CCn1c(=NC(=O)CCSc2ccccc2)sc2cc(OC)c(OC)cc21. The van der Waals surface area contributed by atoms with Crippen molar-refractivity contribution in [1.29, 1.82) is 0 Å². The van der Waals surface area contributed by atoms with Crippen LogP contribution in [0, 0.1) is 12.3 Å². The van der Waals surface area contributed by atoms with Crippen LogP contribution in [-0.2, 0) is 11.3 Å². The molecule has 0 saturated carbocycles. The topological polar surface area (TPSA) is 52.8 Å². The van der Waals surface area contributed by atoms with Crippen LogP contribution in [-0.4, -0.2) is 30.4 Å². The van der Waals surface area contributed by atoms with Crippen LogP contribution in [0.2, 0.25) is 0 Å². The molecule has 2 aromatic carbocycles. The summed E-state index contributed by atoms with van der Waals surface area (Å²) in [7, 11) is 3.17. The molecule has 0 spiro atoms. The molecular weight excluding hydrogens is 392 g/mol. The van der Waals surface area contributed by atoms with Crippen LogP contribution >= 0.6 is 23.1 Å². The first-order valence-corrected chi connectivity index (χ1v) is 10.4. The molecule has 0 radical (unpaired) electrons. The zero-order valence-corrected chi connectivity index (χ0v) is 17.3. The smallest absolute Gasteiger partial charge is 0.249 e. The van der Waals surface area contributed by atoms with Gasteiger partial charge in [0.1, 0.15) is 0 Å². The molecule has 144 valence electrons. The van der Waals surface area contributed by atoms with Crippen LogP contribution < -0.4 is 14.3 Å². The molecule has 0 fully saturated rings. The van der Waals surface area contributed by atoms with E-state index in [2.05, 4.69) is 10.9 Å². The Labute approximate surface area is 172 Å². The molecule has 0 saturated heterocycles. The van der Waals surface area contributed by atoms with Crippen molar-refractivity contribution in [1.82, 2.24) is 4.57 Å². The minimum absolute atomic E-state index is 0.167. The molecule has 0 atom stereocenters. The molecule has 28 heavy (non-hydrogen) atoms. The Hall–Kier alpha value is -2.69. The first kappa shape index (κ1) is 20.1. The Morgan fingerprint density at radius 2 is 1.93 bits per heavy atom. The summed E-state index contributed by atoms with van der Waals surface area (Å²) in [5, 5.41) is 0.